The van der Waals surface area contributed by atoms with Crippen molar-refractivity contribution < 1.29 is 22.7 Å². The maximum atomic E-state index is 13.2. The highest BCUT2D eigenvalue weighted by Crippen LogP contribution is 2.19. The number of nitrogens with zero attached hydrogens (tertiary/aromatic N) is 1. The van der Waals surface area contributed by atoms with Crippen molar-refractivity contribution in [2.45, 2.75) is 77.0 Å². The average molecular weight is 468 g/mol. The third-order valence-corrected chi connectivity index (χ3v) is 6.64. The number of nitrogens with one attached hydrogen (secondary N) is 2. The molecule has 2 amide bonds. The first-order chi connectivity index (χ1) is 14.8. The molecular formula is C23H37N3O5S. The predicted molar refractivity (Wildman–Crippen MR) is 124 cm³/mol. The fourth-order valence-corrected chi connectivity index (χ4v) is 4.66. The van der Waals surface area contributed by atoms with Gasteiger partial charge in [0, 0.05) is 18.7 Å². The Morgan fingerprint density at radius 1 is 1.19 bits per heavy atom. The van der Waals surface area contributed by atoms with Crippen molar-refractivity contribution in [2.75, 3.05) is 19.7 Å². The molecule has 1 heterocycles. The lowest BCUT2D eigenvalue weighted by atomic mass is 9.98. The number of benzene rings is 1. The van der Waals surface area contributed by atoms with Crippen LogP contribution in [0.1, 0.15) is 53.0 Å². The van der Waals surface area contributed by atoms with Gasteiger partial charge >= 0.3 is 0 Å². The van der Waals surface area contributed by atoms with Gasteiger partial charge in [0.1, 0.15) is 6.04 Å². The summed E-state index contributed by atoms with van der Waals surface area (Å²) in [7, 11) is -3.86. The Hall–Kier alpha value is -1.97. The van der Waals surface area contributed by atoms with Gasteiger partial charge in [-0.3, -0.25) is 9.59 Å². The lowest BCUT2D eigenvalue weighted by Gasteiger charge is -2.36. The van der Waals surface area contributed by atoms with E-state index in [0.29, 0.717) is 6.61 Å². The Balaban J connectivity index is 2.22. The summed E-state index contributed by atoms with van der Waals surface area (Å²) in [5, 5.41) is 2.95. The van der Waals surface area contributed by atoms with Crippen molar-refractivity contribution >= 4 is 21.8 Å². The first-order valence-corrected chi connectivity index (χ1v) is 12.6. The van der Waals surface area contributed by atoms with Gasteiger partial charge in [-0.2, -0.15) is 0 Å². The van der Waals surface area contributed by atoms with Gasteiger partial charge in [-0.25, -0.2) is 13.1 Å². The SMILES string of the molecule is Cc1ccc(S(=O)(=O)NCC(=O)N(C[C@@H]2CCCO2)[C@@H](C(=O)NC(C)(C)C)C(C)C)cc1. The van der Waals surface area contributed by atoms with Crippen LogP contribution < -0.4 is 10.0 Å². The normalized spacial score (nSPS) is 17.9. The molecule has 32 heavy (non-hydrogen) atoms. The number of rotatable bonds is 9. The van der Waals surface area contributed by atoms with Crippen molar-refractivity contribution in [3.8, 4) is 0 Å². The number of amides is 2. The van der Waals surface area contributed by atoms with Crippen LogP contribution in [0.25, 0.3) is 0 Å². The van der Waals surface area contributed by atoms with Crippen LogP contribution in [0.5, 0.6) is 0 Å². The molecule has 8 nitrogen and oxygen atoms in total. The summed E-state index contributed by atoms with van der Waals surface area (Å²) in [5.74, 6) is -0.893. The van der Waals surface area contributed by atoms with Gasteiger partial charge in [0.05, 0.1) is 17.5 Å². The van der Waals surface area contributed by atoms with E-state index in [1.165, 1.54) is 17.0 Å². The lowest BCUT2D eigenvalue weighted by Crippen LogP contribution is -2.58. The fourth-order valence-electron chi connectivity index (χ4n) is 3.68. The van der Waals surface area contributed by atoms with Crippen LogP contribution in [-0.4, -0.2) is 62.5 Å². The smallest absolute Gasteiger partial charge is 0.243 e. The van der Waals surface area contributed by atoms with Gasteiger partial charge in [0.25, 0.3) is 0 Å². The lowest BCUT2D eigenvalue weighted by molar-refractivity contribution is -0.143. The van der Waals surface area contributed by atoms with Crippen molar-refractivity contribution in [1.29, 1.82) is 0 Å². The zero-order valence-electron chi connectivity index (χ0n) is 20.0. The summed E-state index contributed by atoms with van der Waals surface area (Å²) in [4.78, 5) is 27.9. The maximum absolute atomic E-state index is 13.2. The first kappa shape index (κ1) is 26.3. The Labute approximate surface area is 192 Å². The summed E-state index contributed by atoms with van der Waals surface area (Å²) in [6.07, 6.45) is 1.52. The van der Waals surface area contributed by atoms with E-state index in [1.54, 1.807) is 12.1 Å². The zero-order chi connectivity index (χ0) is 24.1. The number of carbonyl (C=O) groups is 2. The number of sulfonamides is 1. The third-order valence-electron chi connectivity index (χ3n) is 5.22. The maximum Gasteiger partial charge on any atom is 0.243 e. The van der Waals surface area contributed by atoms with Crippen molar-refractivity contribution in [3.05, 3.63) is 29.8 Å². The topological polar surface area (TPSA) is 105 Å². The molecule has 0 radical (unpaired) electrons. The molecule has 1 aliphatic heterocycles. The Morgan fingerprint density at radius 3 is 2.31 bits per heavy atom. The monoisotopic (exact) mass is 467 g/mol. The van der Waals surface area contributed by atoms with Crippen LogP contribution in [0.2, 0.25) is 0 Å². The van der Waals surface area contributed by atoms with E-state index in [2.05, 4.69) is 10.0 Å². The molecule has 0 spiro atoms. The van der Waals surface area contributed by atoms with Gasteiger partial charge in [-0.1, -0.05) is 31.5 Å². The van der Waals surface area contributed by atoms with Crippen LogP contribution in [-0.2, 0) is 24.3 Å². The van der Waals surface area contributed by atoms with Gasteiger partial charge in [0.2, 0.25) is 21.8 Å². The number of hydrogen-bond donors (Lipinski definition) is 2. The summed E-state index contributed by atoms with van der Waals surface area (Å²) in [6.45, 7) is 11.7. The van der Waals surface area contributed by atoms with Crippen LogP contribution in [0.15, 0.2) is 29.2 Å². The van der Waals surface area contributed by atoms with Crippen LogP contribution >= 0.6 is 0 Å². The van der Waals surface area contributed by atoms with E-state index in [0.717, 1.165) is 18.4 Å². The van der Waals surface area contributed by atoms with Crippen molar-refractivity contribution in [1.82, 2.24) is 14.9 Å². The molecule has 1 aromatic carbocycles. The Bertz CT molecular complexity index is 885. The molecule has 1 aromatic rings. The van der Waals surface area contributed by atoms with E-state index < -0.39 is 34.1 Å². The summed E-state index contributed by atoms with van der Waals surface area (Å²) >= 11 is 0. The Kier molecular flexibility index (Phi) is 8.84. The van der Waals surface area contributed by atoms with Gasteiger partial charge in [-0.05, 0) is 58.6 Å². The summed E-state index contributed by atoms with van der Waals surface area (Å²) in [6, 6.07) is 5.66. The highest BCUT2D eigenvalue weighted by atomic mass is 32.2. The standard InChI is InChI=1S/C23H37N3O5S/c1-16(2)21(22(28)25-23(4,5)6)26(15-18-8-7-13-31-18)20(27)14-24-32(29,30)19-11-9-17(3)10-12-19/h9-12,16,18,21,24H,7-8,13-15H2,1-6H3,(H,25,28)/t18-,21+/m0/s1. The second-order valence-electron chi connectivity index (χ2n) is 9.75. The average Bonchev–Trinajstić information content (AvgIpc) is 3.17. The van der Waals surface area contributed by atoms with Gasteiger partial charge < -0.3 is 15.0 Å². The predicted octanol–water partition coefficient (Wildman–Crippen LogP) is 2.22. The molecule has 0 saturated carbocycles. The van der Waals surface area contributed by atoms with E-state index in [4.69, 9.17) is 4.74 Å². The van der Waals surface area contributed by atoms with Crippen LogP contribution in [0.3, 0.4) is 0 Å². The molecule has 1 saturated heterocycles. The second kappa shape index (κ2) is 10.8. The molecular weight excluding hydrogens is 430 g/mol. The molecule has 1 aliphatic rings. The summed E-state index contributed by atoms with van der Waals surface area (Å²) in [5.41, 5.74) is 0.475. The number of ether oxygens (including phenoxy) is 1. The van der Waals surface area contributed by atoms with Crippen LogP contribution in [0.4, 0.5) is 0 Å². The fraction of sp³-hybridized carbons (Fsp3) is 0.652. The largest absolute Gasteiger partial charge is 0.376 e. The molecule has 0 unspecified atom stereocenters. The van der Waals surface area contributed by atoms with Gasteiger partial charge in [-0.15, -0.1) is 0 Å². The minimum atomic E-state index is -3.86. The molecule has 0 bridgehead atoms. The van der Waals surface area contributed by atoms with Crippen molar-refractivity contribution in [2.24, 2.45) is 5.92 Å². The number of aryl methyl sites for hydroxylation is 1. The quantitative estimate of drug-likeness (QED) is 0.579. The second-order valence-corrected chi connectivity index (χ2v) is 11.5. The Morgan fingerprint density at radius 2 is 1.81 bits per heavy atom. The summed E-state index contributed by atoms with van der Waals surface area (Å²) < 4.78 is 33.4. The van der Waals surface area contributed by atoms with E-state index in [9.17, 15) is 18.0 Å². The molecule has 9 heteroatoms. The molecule has 0 aromatic heterocycles. The van der Waals surface area contributed by atoms with E-state index in [-0.39, 0.29) is 29.4 Å². The molecule has 1 fully saturated rings. The highest BCUT2D eigenvalue weighted by Gasteiger charge is 2.36. The number of hydrogen-bond acceptors (Lipinski definition) is 5. The minimum Gasteiger partial charge on any atom is -0.376 e. The first-order valence-electron chi connectivity index (χ1n) is 11.1. The molecule has 2 N–H and O–H groups in total. The van der Waals surface area contributed by atoms with E-state index >= 15 is 0 Å². The molecule has 2 rings (SSSR count). The third kappa shape index (κ3) is 7.56. The van der Waals surface area contributed by atoms with Gasteiger partial charge in [0.15, 0.2) is 0 Å². The highest BCUT2D eigenvalue weighted by molar-refractivity contribution is 7.89. The van der Waals surface area contributed by atoms with E-state index in [1.807, 2.05) is 41.5 Å². The van der Waals surface area contributed by atoms with Crippen LogP contribution in [0, 0.1) is 12.8 Å². The molecule has 180 valence electrons. The molecule has 2 atom stereocenters. The zero-order valence-corrected chi connectivity index (χ0v) is 20.8. The number of carbonyl (C=O) groups excluding carboxylic acids is 2. The molecule has 0 aliphatic carbocycles. The van der Waals surface area contributed by atoms with Crippen molar-refractivity contribution in [3.63, 3.8) is 0 Å². The minimum absolute atomic E-state index is 0.0902.